The number of hydrogen-bond donors (Lipinski definition) is 0. The molecule has 0 aliphatic rings. The summed E-state index contributed by atoms with van der Waals surface area (Å²) in [6.07, 6.45) is -1.76. The molecule has 0 aromatic heterocycles. The van der Waals surface area contributed by atoms with E-state index in [0.717, 1.165) is 18.9 Å². The van der Waals surface area contributed by atoms with Crippen LogP contribution in [0.4, 0.5) is 13.2 Å². The Morgan fingerprint density at radius 1 is 1.19 bits per heavy atom. The Hall–Kier alpha value is -0.990. The average Bonchev–Trinajstić information content (AvgIpc) is 2.17. The molecule has 0 aliphatic heterocycles. The fourth-order valence-corrected chi connectivity index (χ4v) is 1.95. The van der Waals surface area contributed by atoms with Crippen LogP contribution >= 0.6 is 0 Å². The molecule has 90 valence electrons. The van der Waals surface area contributed by atoms with Crippen LogP contribution in [0.2, 0.25) is 0 Å². The summed E-state index contributed by atoms with van der Waals surface area (Å²) >= 11 is 0. The number of benzene rings is 1. The molecule has 0 saturated heterocycles. The van der Waals surface area contributed by atoms with E-state index < -0.39 is 11.7 Å². The summed E-state index contributed by atoms with van der Waals surface area (Å²) < 4.78 is 38.1. The molecule has 0 radical (unpaired) electrons. The van der Waals surface area contributed by atoms with Gasteiger partial charge in [0, 0.05) is 0 Å². The van der Waals surface area contributed by atoms with Crippen molar-refractivity contribution in [1.29, 1.82) is 0 Å². The van der Waals surface area contributed by atoms with Gasteiger partial charge in [-0.2, -0.15) is 13.2 Å². The molecular weight excluding hydrogens is 213 g/mol. The molecule has 0 heterocycles. The third kappa shape index (κ3) is 3.54. The maximum Gasteiger partial charge on any atom is 0.416 e. The molecule has 0 saturated carbocycles. The molecular formula is C13H17F3. The van der Waals surface area contributed by atoms with Crippen LogP contribution in [0.15, 0.2) is 24.3 Å². The highest BCUT2D eigenvalue weighted by molar-refractivity contribution is 5.29. The normalized spacial score (nSPS) is 13.8. The van der Waals surface area contributed by atoms with E-state index in [4.69, 9.17) is 0 Å². The Bertz CT molecular complexity index is 328. The maximum atomic E-state index is 12.7. The van der Waals surface area contributed by atoms with Gasteiger partial charge in [0.25, 0.3) is 0 Å². The third-order valence-electron chi connectivity index (χ3n) is 2.67. The van der Waals surface area contributed by atoms with Crippen LogP contribution in [-0.2, 0) is 12.6 Å². The fraction of sp³-hybridized carbons (Fsp3) is 0.538. The van der Waals surface area contributed by atoms with Gasteiger partial charge in [-0.05, 0) is 24.0 Å². The summed E-state index contributed by atoms with van der Waals surface area (Å²) in [6, 6.07) is 5.85. The summed E-state index contributed by atoms with van der Waals surface area (Å²) in [7, 11) is 0. The molecule has 16 heavy (non-hydrogen) atoms. The first-order valence-corrected chi connectivity index (χ1v) is 5.60. The lowest BCUT2D eigenvalue weighted by Crippen LogP contribution is -2.11. The zero-order chi connectivity index (χ0) is 12.2. The molecule has 1 aromatic carbocycles. The quantitative estimate of drug-likeness (QED) is 0.704. The monoisotopic (exact) mass is 230 g/mol. The summed E-state index contributed by atoms with van der Waals surface area (Å²) in [4.78, 5) is 0. The molecule has 1 aromatic rings. The Morgan fingerprint density at radius 3 is 2.38 bits per heavy atom. The molecule has 0 aliphatic carbocycles. The van der Waals surface area contributed by atoms with E-state index in [9.17, 15) is 13.2 Å². The molecule has 1 unspecified atom stereocenters. The Balaban J connectivity index is 2.87. The van der Waals surface area contributed by atoms with E-state index in [2.05, 4.69) is 0 Å². The molecule has 0 spiro atoms. The first kappa shape index (κ1) is 13.1. The largest absolute Gasteiger partial charge is 0.416 e. The number of hydrogen-bond acceptors (Lipinski definition) is 0. The standard InChI is InChI=1S/C13H17F3/c1-3-6-10(2)9-11-7-4-5-8-12(11)13(14,15)16/h4-5,7-8,10H,3,6,9H2,1-2H3. The summed E-state index contributed by atoms with van der Waals surface area (Å²) in [5.41, 5.74) is -0.0751. The predicted octanol–water partition coefficient (Wildman–Crippen LogP) is 4.68. The minimum absolute atomic E-state index is 0.300. The summed E-state index contributed by atoms with van der Waals surface area (Å²) in [6.45, 7) is 4.04. The van der Waals surface area contributed by atoms with Crippen molar-refractivity contribution in [2.75, 3.05) is 0 Å². The van der Waals surface area contributed by atoms with Crippen molar-refractivity contribution >= 4 is 0 Å². The Kier molecular flexibility index (Phi) is 4.39. The van der Waals surface area contributed by atoms with Gasteiger partial charge in [0.2, 0.25) is 0 Å². The predicted molar refractivity (Wildman–Crippen MR) is 59.2 cm³/mol. The lowest BCUT2D eigenvalue weighted by Gasteiger charge is -2.15. The molecule has 3 heteroatoms. The van der Waals surface area contributed by atoms with Crippen molar-refractivity contribution in [2.45, 2.75) is 39.3 Å². The average molecular weight is 230 g/mol. The van der Waals surface area contributed by atoms with Crippen LogP contribution in [0.5, 0.6) is 0 Å². The van der Waals surface area contributed by atoms with Gasteiger partial charge in [-0.15, -0.1) is 0 Å². The van der Waals surface area contributed by atoms with Gasteiger partial charge in [0.15, 0.2) is 0 Å². The molecule has 0 nitrogen and oxygen atoms in total. The first-order valence-electron chi connectivity index (χ1n) is 5.60. The minimum atomic E-state index is -4.23. The van der Waals surface area contributed by atoms with Crippen LogP contribution in [0.25, 0.3) is 0 Å². The van der Waals surface area contributed by atoms with Gasteiger partial charge in [0.1, 0.15) is 0 Å². The number of alkyl halides is 3. The van der Waals surface area contributed by atoms with Crippen molar-refractivity contribution in [3.8, 4) is 0 Å². The molecule has 1 atom stereocenters. The third-order valence-corrected chi connectivity index (χ3v) is 2.67. The van der Waals surface area contributed by atoms with Crippen LogP contribution in [0, 0.1) is 5.92 Å². The lowest BCUT2D eigenvalue weighted by molar-refractivity contribution is -0.138. The van der Waals surface area contributed by atoms with Crippen LogP contribution in [0.1, 0.15) is 37.8 Å². The van der Waals surface area contributed by atoms with E-state index in [1.165, 1.54) is 6.07 Å². The van der Waals surface area contributed by atoms with Crippen LogP contribution in [0.3, 0.4) is 0 Å². The van der Waals surface area contributed by atoms with Gasteiger partial charge in [-0.3, -0.25) is 0 Å². The second-order valence-electron chi connectivity index (χ2n) is 4.25. The van der Waals surface area contributed by atoms with Gasteiger partial charge in [-0.1, -0.05) is 44.9 Å². The van der Waals surface area contributed by atoms with E-state index in [-0.39, 0.29) is 0 Å². The van der Waals surface area contributed by atoms with Crippen molar-refractivity contribution in [2.24, 2.45) is 5.92 Å². The van der Waals surface area contributed by atoms with Crippen molar-refractivity contribution in [1.82, 2.24) is 0 Å². The van der Waals surface area contributed by atoms with Gasteiger partial charge < -0.3 is 0 Å². The topological polar surface area (TPSA) is 0 Å². The smallest absolute Gasteiger partial charge is 0.166 e. The minimum Gasteiger partial charge on any atom is -0.166 e. The second-order valence-corrected chi connectivity index (χ2v) is 4.25. The zero-order valence-corrected chi connectivity index (χ0v) is 9.64. The van der Waals surface area contributed by atoms with Gasteiger partial charge in [-0.25, -0.2) is 0 Å². The van der Waals surface area contributed by atoms with Crippen LogP contribution < -0.4 is 0 Å². The SMILES string of the molecule is CCCC(C)Cc1ccccc1C(F)(F)F. The van der Waals surface area contributed by atoms with E-state index in [1.807, 2.05) is 13.8 Å². The molecule has 0 bridgehead atoms. The summed E-state index contributed by atoms with van der Waals surface area (Å²) in [5, 5.41) is 0. The Morgan fingerprint density at radius 2 is 1.81 bits per heavy atom. The highest BCUT2D eigenvalue weighted by atomic mass is 19.4. The fourth-order valence-electron chi connectivity index (χ4n) is 1.95. The second kappa shape index (κ2) is 5.37. The molecule has 0 amide bonds. The van der Waals surface area contributed by atoms with Gasteiger partial charge >= 0.3 is 6.18 Å². The Labute approximate surface area is 94.5 Å². The summed E-state index contributed by atoms with van der Waals surface area (Å²) in [5.74, 6) is 0.300. The number of halogens is 3. The highest BCUT2D eigenvalue weighted by Crippen LogP contribution is 2.33. The first-order chi connectivity index (χ1) is 7.45. The van der Waals surface area contributed by atoms with Crippen molar-refractivity contribution in [3.63, 3.8) is 0 Å². The maximum absolute atomic E-state index is 12.7. The van der Waals surface area contributed by atoms with Gasteiger partial charge in [0.05, 0.1) is 5.56 Å². The van der Waals surface area contributed by atoms with E-state index in [0.29, 0.717) is 17.9 Å². The lowest BCUT2D eigenvalue weighted by atomic mass is 9.94. The zero-order valence-electron chi connectivity index (χ0n) is 9.64. The van der Waals surface area contributed by atoms with Crippen molar-refractivity contribution in [3.05, 3.63) is 35.4 Å². The van der Waals surface area contributed by atoms with Crippen LogP contribution in [-0.4, -0.2) is 0 Å². The highest BCUT2D eigenvalue weighted by Gasteiger charge is 2.32. The molecule has 0 N–H and O–H groups in total. The van der Waals surface area contributed by atoms with Crippen molar-refractivity contribution < 1.29 is 13.2 Å². The van der Waals surface area contributed by atoms with E-state index in [1.54, 1.807) is 12.1 Å². The molecule has 1 rings (SSSR count). The number of rotatable bonds is 4. The van der Waals surface area contributed by atoms with E-state index >= 15 is 0 Å². The molecule has 0 fully saturated rings.